The van der Waals surface area contributed by atoms with Crippen LogP contribution in [0.2, 0.25) is 0 Å². The van der Waals surface area contributed by atoms with Crippen LogP contribution in [0.3, 0.4) is 0 Å². The van der Waals surface area contributed by atoms with Gasteiger partial charge in [0.05, 0.1) is 6.33 Å². The lowest BCUT2D eigenvalue weighted by Gasteiger charge is -2.08. The maximum atomic E-state index is 5.97. The molecule has 1 heterocycles. The van der Waals surface area contributed by atoms with Crippen LogP contribution in [0.5, 0.6) is 0 Å². The van der Waals surface area contributed by atoms with Crippen molar-refractivity contribution in [2.24, 2.45) is 7.05 Å². The third kappa shape index (κ3) is 1.50. The largest absolute Gasteiger partial charge is 0.383 e. The second-order valence-electron chi connectivity index (χ2n) is 3.86. The van der Waals surface area contributed by atoms with Crippen LogP contribution in [0.1, 0.15) is 11.1 Å². The smallest absolute Gasteiger partial charge is 0.131 e. The molecule has 0 atom stereocenters. The maximum absolute atomic E-state index is 5.97. The molecule has 2 N–H and O–H groups in total. The van der Waals surface area contributed by atoms with E-state index in [1.165, 1.54) is 11.1 Å². The van der Waals surface area contributed by atoms with Gasteiger partial charge in [-0.15, -0.1) is 0 Å². The van der Waals surface area contributed by atoms with Gasteiger partial charge >= 0.3 is 0 Å². The predicted octanol–water partition coefficient (Wildman–Crippen LogP) is 2.29. The topological polar surface area (TPSA) is 43.8 Å². The Labute approximate surface area is 89.6 Å². The van der Waals surface area contributed by atoms with E-state index in [1.54, 1.807) is 6.33 Å². The van der Waals surface area contributed by atoms with Gasteiger partial charge < -0.3 is 10.3 Å². The lowest BCUT2D eigenvalue weighted by Crippen LogP contribution is -1.97. The molecule has 0 saturated carbocycles. The number of hydrogen-bond acceptors (Lipinski definition) is 2. The number of nitrogen functional groups attached to an aromatic ring is 1. The van der Waals surface area contributed by atoms with Crippen LogP contribution in [0.25, 0.3) is 11.3 Å². The minimum atomic E-state index is 0.715. The van der Waals surface area contributed by atoms with Crippen molar-refractivity contribution in [2.45, 2.75) is 13.8 Å². The Morgan fingerprint density at radius 1 is 1.20 bits per heavy atom. The highest BCUT2D eigenvalue weighted by Gasteiger charge is 2.12. The van der Waals surface area contributed by atoms with Gasteiger partial charge in [0.1, 0.15) is 11.5 Å². The minimum Gasteiger partial charge on any atom is -0.383 e. The fourth-order valence-corrected chi connectivity index (χ4v) is 1.82. The molecule has 0 radical (unpaired) electrons. The van der Waals surface area contributed by atoms with Crippen LogP contribution in [0, 0.1) is 13.8 Å². The van der Waals surface area contributed by atoms with E-state index < -0.39 is 0 Å². The summed E-state index contributed by atoms with van der Waals surface area (Å²) >= 11 is 0. The average Bonchev–Trinajstić information content (AvgIpc) is 2.49. The van der Waals surface area contributed by atoms with E-state index in [1.807, 2.05) is 17.7 Å². The average molecular weight is 201 g/mol. The van der Waals surface area contributed by atoms with Crippen molar-refractivity contribution >= 4 is 5.82 Å². The molecule has 2 aromatic rings. The number of anilines is 1. The van der Waals surface area contributed by atoms with E-state index in [2.05, 4.69) is 31.0 Å². The number of aryl methyl sites for hydroxylation is 3. The molecular weight excluding hydrogens is 186 g/mol. The van der Waals surface area contributed by atoms with E-state index in [0.29, 0.717) is 5.82 Å². The van der Waals surface area contributed by atoms with Gasteiger partial charge in [-0.05, 0) is 25.0 Å². The predicted molar refractivity (Wildman–Crippen MR) is 62.5 cm³/mol. The summed E-state index contributed by atoms with van der Waals surface area (Å²) in [4.78, 5) is 4.35. The molecule has 1 aromatic carbocycles. The van der Waals surface area contributed by atoms with Crippen molar-refractivity contribution in [1.82, 2.24) is 9.55 Å². The number of benzene rings is 1. The molecule has 15 heavy (non-hydrogen) atoms. The third-order valence-electron chi connectivity index (χ3n) is 2.70. The molecule has 78 valence electrons. The first-order valence-corrected chi connectivity index (χ1v) is 4.94. The first-order chi connectivity index (χ1) is 7.11. The second-order valence-corrected chi connectivity index (χ2v) is 3.86. The summed E-state index contributed by atoms with van der Waals surface area (Å²) in [6.07, 6.45) is 1.75. The molecule has 0 bridgehead atoms. The quantitative estimate of drug-likeness (QED) is 0.769. The molecule has 3 heteroatoms. The molecule has 0 aliphatic heterocycles. The van der Waals surface area contributed by atoms with Crippen molar-refractivity contribution in [1.29, 1.82) is 0 Å². The molecule has 0 aliphatic rings. The van der Waals surface area contributed by atoms with E-state index >= 15 is 0 Å². The Bertz CT molecular complexity index is 477. The minimum absolute atomic E-state index is 0.715. The molecule has 0 unspecified atom stereocenters. The Kier molecular flexibility index (Phi) is 2.23. The summed E-state index contributed by atoms with van der Waals surface area (Å²) in [7, 11) is 1.90. The zero-order chi connectivity index (χ0) is 11.0. The van der Waals surface area contributed by atoms with Crippen molar-refractivity contribution < 1.29 is 0 Å². The summed E-state index contributed by atoms with van der Waals surface area (Å²) in [6.45, 7) is 4.16. The van der Waals surface area contributed by atoms with Crippen molar-refractivity contribution in [3.05, 3.63) is 35.7 Å². The monoisotopic (exact) mass is 201 g/mol. The van der Waals surface area contributed by atoms with Gasteiger partial charge in [0.2, 0.25) is 0 Å². The lowest BCUT2D eigenvalue weighted by molar-refractivity contribution is 0.925. The van der Waals surface area contributed by atoms with Gasteiger partial charge in [-0.25, -0.2) is 4.98 Å². The van der Waals surface area contributed by atoms with Crippen molar-refractivity contribution in [3.8, 4) is 11.3 Å². The van der Waals surface area contributed by atoms with Crippen molar-refractivity contribution in [2.75, 3.05) is 5.73 Å². The number of nitrogens with two attached hydrogens (primary N) is 1. The van der Waals surface area contributed by atoms with Crippen LogP contribution >= 0.6 is 0 Å². The number of rotatable bonds is 1. The van der Waals surface area contributed by atoms with Gasteiger partial charge in [0.25, 0.3) is 0 Å². The van der Waals surface area contributed by atoms with Gasteiger partial charge in [-0.2, -0.15) is 0 Å². The Hall–Kier alpha value is -1.77. The molecule has 0 fully saturated rings. The normalized spacial score (nSPS) is 10.6. The van der Waals surface area contributed by atoms with Crippen LogP contribution in [-0.4, -0.2) is 9.55 Å². The first kappa shape index (κ1) is 9.77. The molecule has 0 amide bonds. The zero-order valence-corrected chi connectivity index (χ0v) is 9.28. The highest BCUT2D eigenvalue weighted by Crippen LogP contribution is 2.29. The van der Waals surface area contributed by atoms with Gasteiger partial charge in [-0.3, -0.25) is 0 Å². The summed E-state index contributed by atoms with van der Waals surface area (Å²) in [5.74, 6) is 0.715. The molecule has 1 aromatic heterocycles. The van der Waals surface area contributed by atoms with Gasteiger partial charge in [-0.1, -0.05) is 18.2 Å². The van der Waals surface area contributed by atoms with E-state index in [-0.39, 0.29) is 0 Å². The Balaban J connectivity index is 2.69. The fourth-order valence-electron chi connectivity index (χ4n) is 1.82. The van der Waals surface area contributed by atoms with Crippen LogP contribution in [0.15, 0.2) is 24.5 Å². The van der Waals surface area contributed by atoms with Gasteiger partial charge in [0, 0.05) is 12.6 Å². The van der Waals surface area contributed by atoms with E-state index in [0.717, 1.165) is 11.3 Å². The standard InChI is InChI=1S/C12H15N3/c1-8-5-4-6-9(2)10(8)11-12(13)15(3)7-14-11/h4-7H,13H2,1-3H3. The number of nitrogens with zero attached hydrogens (tertiary/aromatic N) is 2. The number of imidazole rings is 1. The number of hydrogen-bond donors (Lipinski definition) is 1. The van der Waals surface area contributed by atoms with E-state index in [4.69, 9.17) is 5.73 Å². The molecule has 2 rings (SSSR count). The van der Waals surface area contributed by atoms with Gasteiger partial charge in [0.15, 0.2) is 0 Å². The molecule has 3 nitrogen and oxygen atoms in total. The van der Waals surface area contributed by atoms with Crippen LogP contribution < -0.4 is 5.73 Å². The molecular formula is C12H15N3. The maximum Gasteiger partial charge on any atom is 0.131 e. The lowest BCUT2D eigenvalue weighted by atomic mass is 10.0. The summed E-state index contributed by atoms with van der Waals surface area (Å²) in [6, 6.07) is 6.21. The summed E-state index contributed by atoms with van der Waals surface area (Å²) in [5, 5.41) is 0. The summed E-state index contributed by atoms with van der Waals surface area (Å²) in [5.41, 5.74) is 10.4. The zero-order valence-electron chi connectivity index (χ0n) is 9.28. The van der Waals surface area contributed by atoms with Crippen LogP contribution in [-0.2, 0) is 7.05 Å². The molecule has 0 saturated heterocycles. The third-order valence-corrected chi connectivity index (χ3v) is 2.70. The molecule has 0 aliphatic carbocycles. The molecule has 0 spiro atoms. The Morgan fingerprint density at radius 3 is 2.27 bits per heavy atom. The highest BCUT2D eigenvalue weighted by molar-refractivity contribution is 5.75. The van der Waals surface area contributed by atoms with Crippen LogP contribution in [0.4, 0.5) is 5.82 Å². The summed E-state index contributed by atoms with van der Waals surface area (Å²) < 4.78 is 1.83. The van der Waals surface area contributed by atoms with Crippen molar-refractivity contribution in [3.63, 3.8) is 0 Å². The number of aromatic nitrogens is 2. The SMILES string of the molecule is Cc1cccc(C)c1-c1ncn(C)c1N. The van der Waals surface area contributed by atoms with E-state index in [9.17, 15) is 0 Å². The first-order valence-electron chi connectivity index (χ1n) is 4.94. The second kappa shape index (κ2) is 3.42. The fraction of sp³-hybridized carbons (Fsp3) is 0.250. The highest BCUT2D eigenvalue weighted by atomic mass is 15.1. The Morgan fingerprint density at radius 2 is 1.80 bits per heavy atom.